The Morgan fingerprint density at radius 3 is 1.82 bits per heavy atom. The van der Waals surface area contributed by atoms with Crippen LogP contribution in [0.5, 0.6) is 5.75 Å². The van der Waals surface area contributed by atoms with Gasteiger partial charge in [0, 0.05) is 16.8 Å². The molecule has 0 amide bonds. The Morgan fingerprint density at radius 2 is 1.23 bits per heavy atom. The number of benzene rings is 4. The maximum absolute atomic E-state index is 13.8. The van der Waals surface area contributed by atoms with Gasteiger partial charge < -0.3 is 4.18 Å². The molecule has 5 nitrogen and oxygen atoms in total. The van der Waals surface area contributed by atoms with E-state index in [1.807, 2.05) is 0 Å². The second kappa shape index (κ2) is 9.99. The number of hydrogen-bond acceptors (Lipinski definition) is 4. The minimum Gasteiger partial charge on any atom is -0.375 e. The molecule has 5 rings (SSSR count). The minimum atomic E-state index is -6.00. The SMILES string of the molecule is O=S(=O)(Oc1ccccc1-c1nc(-c2ccc(F)cc2)c(-c2ccc(F)cc2)n1-c1ccccc1)C(F)(F)F. The zero-order valence-corrected chi connectivity index (χ0v) is 20.5. The average Bonchev–Trinajstić information content (AvgIpc) is 3.30. The summed E-state index contributed by atoms with van der Waals surface area (Å²) in [6, 6.07) is 24.7. The van der Waals surface area contributed by atoms with E-state index in [4.69, 9.17) is 4.98 Å². The molecule has 11 heteroatoms. The lowest BCUT2D eigenvalue weighted by Crippen LogP contribution is -2.28. The summed E-state index contributed by atoms with van der Waals surface area (Å²) in [7, 11) is -6.00. The molecule has 5 aromatic rings. The average molecular weight is 557 g/mol. The third-order valence-electron chi connectivity index (χ3n) is 5.74. The Labute approximate surface area is 219 Å². The van der Waals surface area contributed by atoms with Gasteiger partial charge in [0.15, 0.2) is 5.75 Å². The maximum atomic E-state index is 13.8. The molecule has 0 unspecified atom stereocenters. The highest BCUT2D eigenvalue weighted by molar-refractivity contribution is 7.88. The second-order valence-electron chi connectivity index (χ2n) is 8.30. The first kappa shape index (κ1) is 26.1. The number of para-hydroxylation sites is 2. The summed E-state index contributed by atoms with van der Waals surface area (Å²) in [5.41, 5.74) is -3.59. The molecule has 0 aliphatic carbocycles. The van der Waals surface area contributed by atoms with Crippen LogP contribution in [0.2, 0.25) is 0 Å². The van der Waals surface area contributed by atoms with Crippen LogP contribution in [-0.2, 0) is 10.1 Å². The van der Waals surface area contributed by atoms with Gasteiger partial charge in [-0.3, -0.25) is 4.57 Å². The van der Waals surface area contributed by atoms with Crippen LogP contribution < -0.4 is 4.18 Å². The summed E-state index contributed by atoms with van der Waals surface area (Å²) in [6.07, 6.45) is 0. The molecule has 0 bridgehead atoms. The van der Waals surface area contributed by atoms with E-state index in [1.54, 1.807) is 34.9 Å². The van der Waals surface area contributed by atoms with Crippen LogP contribution in [0.15, 0.2) is 103 Å². The van der Waals surface area contributed by atoms with Crippen molar-refractivity contribution in [3.8, 4) is 45.3 Å². The predicted molar refractivity (Wildman–Crippen MR) is 135 cm³/mol. The predicted octanol–water partition coefficient (Wildman–Crippen LogP) is 7.38. The van der Waals surface area contributed by atoms with Gasteiger partial charge in [0.25, 0.3) is 0 Å². The summed E-state index contributed by atoms with van der Waals surface area (Å²) >= 11 is 0. The number of nitrogens with zero attached hydrogens (tertiary/aromatic N) is 2. The van der Waals surface area contributed by atoms with E-state index in [0.717, 1.165) is 6.07 Å². The number of alkyl halides is 3. The molecule has 198 valence electrons. The fraction of sp³-hybridized carbons (Fsp3) is 0.0357. The molecule has 1 heterocycles. The molecule has 0 aliphatic rings. The van der Waals surface area contributed by atoms with E-state index in [1.165, 1.54) is 66.7 Å². The Balaban J connectivity index is 1.85. The van der Waals surface area contributed by atoms with Crippen LogP contribution in [0, 0.1) is 11.6 Å². The van der Waals surface area contributed by atoms with E-state index >= 15 is 0 Å². The van der Waals surface area contributed by atoms with Gasteiger partial charge >= 0.3 is 15.6 Å². The lowest BCUT2D eigenvalue weighted by molar-refractivity contribution is -0.0499. The fourth-order valence-electron chi connectivity index (χ4n) is 4.00. The van der Waals surface area contributed by atoms with Crippen LogP contribution in [0.25, 0.3) is 39.6 Å². The van der Waals surface area contributed by atoms with Crippen molar-refractivity contribution in [2.75, 3.05) is 0 Å². The molecule has 0 N–H and O–H groups in total. The third kappa shape index (κ3) is 5.13. The van der Waals surface area contributed by atoms with Gasteiger partial charge in [-0.25, -0.2) is 13.8 Å². The highest BCUT2D eigenvalue weighted by Crippen LogP contribution is 2.42. The number of imidazole rings is 1. The number of rotatable bonds is 6. The van der Waals surface area contributed by atoms with Gasteiger partial charge in [-0.1, -0.05) is 30.3 Å². The Morgan fingerprint density at radius 1 is 0.692 bits per heavy atom. The Bertz CT molecular complexity index is 1730. The van der Waals surface area contributed by atoms with E-state index in [-0.39, 0.29) is 17.1 Å². The molecule has 4 aromatic carbocycles. The zero-order valence-electron chi connectivity index (χ0n) is 19.7. The summed E-state index contributed by atoms with van der Waals surface area (Å²) in [5, 5.41) is 0. The van der Waals surface area contributed by atoms with Crippen molar-refractivity contribution in [1.82, 2.24) is 9.55 Å². The van der Waals surface area contributed by atoms with E-state index in [0.29, 0.717) is 22.5 Å². The van der Waals surface area contributed by atoms with Crippen molar-refractivity contribution in [3.05, 3.63) is 115 Å². The maximum Gasteiger partial charge on any atom is 0.534 e. The molecule has 0 aliphatic heterocycles. The summed E-state index contributed by atoms with van der Waals surface area (Å²) in [5.74, 6) is -1.56. The van der Waals surface area contributed by atoms with E-state index < -0.39 is 33.0 Å². The van der Waals surface area contributed by atoms with Crippen molar-refractivity contribution in [3.63, 3.8) is 0 Å². The molecular formula is C28H17F5N2O3S. The van der Waals surface area contributed by atoms with Crippen LogP contribution in [0.4, 0.5) is 22.0 Å². The minimum absolute atomic E-state index is 0.0350. The van der Waals surface area contributed by atoms with Crippen molar-refractivity contribution < 1.29 is 34.6 Å². The first-order valence-corrected chi connectivity index (χ1v) is 12.8. The molecule has 0 fully saturated rings. The van der Waals surface area contributed by atoms with Gasteiger partial charge in [-0.2, -0.15) is 21.6 Å². The van der Waals surface area contributed by atoms with Crippen LogP contribution in [-0.4, -0.2) is 23.5 Å². The molecule has 0 radical (unpaired) electrons. The number of halogens is 5. The molecule has 0 spiro atoms. The van der Waals surface area contributed by atoms with E-state index in [2.05, 4.69) is 4.18 Å². The van der Waals surface area contributed by atoms with Crippen molar-refractivity contribution in [2.24, 2.45) is 0 Å². The fourth-order valence-corrected chi connectivity index (χ4v) is 4.48. The summed E-state index contributed by atoms with van der Waals surface area (Å²) in [4.78, 5) is 4.70. The lowest BCUT2D eigenvalue weighted by atomic mass is 10.0. The zero-order chi connectivity index (χ0) is 27.8. The molecule has 0 saturated carbocycles. The lowest BCUT2D eigenvalue weighted by Gasteiger charge is -2.16. The topological polar surface area (TPSA) is 61.2 Å². The highest BCUT2D eigenvalue weighted by Gasteiger charge is 2.49. The van der Waals surface area contributed by atoms with Gasteiger partial charge in [0.05, 0.1) is 17.0 Å². The molecule has 0 atom stereocenters. The van der Waals surface area contributed by atoms with Crippen molar-refractivity contribution in [1.29, 1.82) is 0 Å². The van der Waals surface area contributed by atoms with Crippen molar-refractivity contribution >= 4 is 10.1 Å². The normalized spacial score (nSPS) is 11.9. The largest absolute Gasteiger partial charge is 0.534 e. The number of aromatic nitrogens is 2. The second-order valence-corrected chi connectivity index (χ2v) is 9.83. The number of hydrogen-bond donors (Lipinski definition) is 0. The monoisotopic (exact) mass is 556 g/mol. The molecular weight excluding hydrogens is 539 g/mol. The smallest absolute Gasteiger partial charge is 0.375 e. The Kier molecular flexibility index (Phi) is 6.69. The van der Waals surface area contributed by atoms with Gasteiger partial charge in [0.2, 0.25) is 0 Å². The van der Waals surface area contributed by atoms with Gasteiger partial charge in [0.1, 0.15) is 17.5 Å². The van der Waals surface area contributed by atoms with Crippen molar-refractivity contribution in [2.45, 2.75) is 5.51 Å². The Hall–Kier alpha value is -4.51. The standard InChI is InChI=1S/C28H17F5N2O3S/c29-20-14-10-18(11-15-20)25-26(19-12-16-21(30)17-13-19)35(22-6-2-1-3-7-22)27(34-25)23-8-4-5-9-24(23)38-39(36,37)28(31,32)33/h1-17H. The van der Waals surface area contributed by atoms with Gasteiger partial charge in [-0.05, 0) is 72.8 Å². The van der Waals surface area contributed by atoms with Gasteiger partial charge in [-0.15, -0.1) is 0 Å². The quantitative estimate of drug-likeness (QED) is 0.124. The van der Waals surface area contributed by atoms with E-state index in [9.17, 15) is 30.4 Å². The van der Waals surface area contributed by atoms with Crippen LogP contribution in [0.1, 0.15) is 0 Å². The third-order valence-corrected chi connectivity index (χ3v) is 6.70. The molecule has 39 heavy (non-hydrogen) atoms. The van der Waals surface area contributed by atoms with Crippen LogP contribution in [0.3, 0.4) is 0 Å². The summed E-state index contributed by atoms with van der Waals surface area (Å²) < 4.78 is 97.0. The van der Waals surface area contributed by atoms with Crippen LogP contribution >= 0.6 is 0 Å². The molecule has 0 saturated heterocycles. The highest BCUT2D eigenvalue weighted by atomic mass is 32.2. The first-order chi connectivity index (χ1) is 18.5. The summed E-state index contributed by atoms with van der Waals surface area (Å²) in [6.45, 7) is 0. The molecule has 1 aromatic heterocycles. The first-order valence-electron chi connectivity index (χ1n) is 11.4.